The van der Waals surface area contributed by atoms with Crippen LogP contribution >= 0.6 is 0 Å². The highest BCUT2D eigenvalue weighted by Crippen LogP contribution is 2.37. The molecule has 1 unspecified atom stereocenters. The average molecular weight is 230 g/mol. The van der Waals surface area contributed by atoms with Crippen LogP contribution in [0.15, 0.2) is 54.3 Å². The molecule has 1 aromatic rings. The SMILES string of the molecule is COC1=CC=CC(=O)C1(OC)c1ccccc1. The molecule has 0 aliphatic heterocycles. The quantitative estimate of drug-likeness (QED) is 0.798. The monoisotopic (exact) mass is 230 g/mol. The van der Waals surface area contributed by atoms with Gasteiger partial charge >= 0.3 is 0 Å². The van der Waals surface area contributed by atoms with Crippen molar-refractivity contribution in [1.82, 2.24) is 0 Å². The summed E-state index contributed by atoms with van der Waals surface area (Å²) in [5, 5.41) is 0. The maximum Gasteiger partial charge on any atom is 0.212 e. The van der Waals surface area contributed by atoms with Crippen LogP contribution in [0.1, 0.15) is 5.56 Å². The zero-order valence-corrected chi connectivity index (χ0v) is 9.84. The fourth-order valence-corrected chi connectivity index (χ4v) is 2.07. The van der Waals surface area contributed by atoms with Crippen LogP contribution in [0.2, 0.25) is 0 Å². The molecule has 3 nitrogen and oxygen atoms in total. The topological polar surface area (TPSA) is 35.5 Å². The summed E-state index contributed by atoms with van der Waals surface area (Å²) in [6.45, 7) is 0. The van der Waals surface area contributed by atoms with Crippen LogP contribution in [0.4, 0.5) is 0 Å². The van der Waals surface area contributed by atoms with Crippen molar-refractivity contribution in [3.8, 4) is 0 Å². The van der Waals surface area contributed by atoms with E-state index in [0.717, 1.165) is 5.56 Å². The molecule has 1 aliphatic rings. The van der Waals surface area contributed by atoms with Crippen LogP contribution in [0.3, 0.4) is 0 Å². The molecule has 1 aliphatic carbocycles. The van der Waals surface area contributed by atoms with Gasteiger partial charge in [-0.3, -0.25) is 4.79 Å². The summed E-state index contributed by atoms with van der Waals surface area (Å²) >= 11 is 0. The minimum atomic E-state index is -1.15. The lowest BCUT2D eigenvalue weighted by Crippen LogP contribution is -2.40. The van der Waals surface area contributed by atoms with Gasteiger partial charge in [0.1, 0.15) is 5.76 Å². The summed E-state index contributed by atoms with van der Waals surface area (Å²) in [5.41, 5.74) is -0.380. The van der Waals surface area contributed by atoms with Gasteiger partial charge in [0.15, 0.2) is 5.78 Å². The molecule has 0 amide bonds. The molecule has 0 saturated carbocycles. The fourth-order valence-electron chi connectivity index (χ4n) is 2.07. The molecule has 0 spiro atoms. The van der Waals surface area contributed by atoms with Crippen LogP contribution < -0.4 is 0 Å². The first kappa shape index (κ1) is 11.6. The van der Waals surface area contributed by atoms with Gasteiger partial charge in [-0.25, -0.2) is 0 Å². The molecule has 88 valence electrons. The van der Waals surface area contributed by atoms with Crippen LogP contribution in [-0.2, 0) is 19.9 Å². The lowest BCUT2D eigenvalue weighted by molar-refractivity contribution is -0.137. The molecule has 1 atom stereocenters. The van der Waals surface area contributed by atoms with Gasteiger partial charge in [0.2, 0.25) is 5.60 Å². The number of allylic oxidation sites excluding steroid dienone is 2. The zero-order valence-electron chi connectivity index (χ0n) is 9.84. The molecular weight excluding hydrogens is 216 g/mol. The highest BCUT2D eigenvalue weighted by molar-refractivity contribution is 6.01. The van der Waals surface area contributed by atoms with Crippen molar-refractivity contribution >= 4 is 5.78 Å². The summed E-state index contributed by atoms with van der Waals surface area (Å²) in [5.74, 6) is 0.365. The van der Waals surface area contributed by atoms with Crippen LogP contribution in [0.25, 0.3) is 0 Å². The first-order chi connectivity index (χ1) is 8.25. The summed E-state index contributed by atoms with van der Waals surface area (Å²) in [6.07, 6.45) is 4.91. The normalized spacial score (nSPS) is 23.4. The Balaban J connectivity index is 2.60. The second-order valence-corrected chi connectivity index (χ2v) is 3.71. The third kappa shape index (κ3) is 1.68. The molecular formula is C14H14O3. The van der Waals surface area contributed by atoms with Gasteiger partial charge in [0, 0.05) is 7.11 Å². The first-order valence-corrected chi connectivity index (χ1v) is 5.33. The van der Waals surface area contributed by atoms with Crippen LogP contribution in [-0.4, -0.2) is 20.0 Å². The summed E-state index contributed by atoms with van der Waals surface area (Å²) in [7, 11) is 3.05. The van der Waals surface area contributed by atoms with Gasteiger partial charge in [-0.1, -0.05) is 36.4 Å². The standard InChI is InChI=1S/C14H14O3/c1-16-13-10-6-9-12(15)14(13,17-2)11-7-4-3-5-8-11/h3-10H,1-2H3. The molecule has 3 heteroatoms. The molecule has 0 saturated heterocycles. The maximum atomic E-state index is 12.2. The number of benzene rings is 1. The van der Waals surface area contributed by atoms with Crippen molar-refractivity contribution in [1.29, 1.82) is 0 Å². The van der Waals surface area contributed by atoms with Crippen molar-refractivity contribution in [2.75, 3.05) is 14.2 Å². The molecule has 0 radical (unpaired) electrons. The summed E-state index contributed by atoms with van der Waals surface area (Å²) in [4.78, 5) is 12.2. The first-order valence-electron chi connectivity index (χ1n) is 5.33. The van der Waals surface area contributed by atoms with E-state index in [0.29, 0.717) is 5.76 Å². The Labute approximate surface area is 100 Å². The number of hydrogen-bond donors (Lipinski definition) is 0. The van der Waals surface area contributed by atoms with Crippen molar-refractivity contribution in [3.05, 3.63) is 59.9 Å². The van der Waals surface area contributed by atoms with E-state index in [1.165, 1.54) is 20.3 Å². The van der Waals surface area contributed by atoms with Gasteiger partial charge in [-0.2, -0.15) is 0 Å². The second-order valence-electron chi connectivity index (χ2n) is 3.71. The Morgan fingerprint density at radius 3 is 2.41 bits per heavy atom. The Hall–Kier alpha value is -1.87. The highest BCUT2D eigenvalue weighted by atomic mass is 16.5. The molecule has 1 aromatic carbocycles. The number of ketones is 1. The fraction of sp³-hybridized carbons (Fsp3) is 0.214. The number of ether oxygens (including phenoxy) is 2. The molecule has 0 bridgehead atoms. The lowest BCUT2D eigenvalue weighted by atomic mass is 9.84. The summed E-state index contributed by atoms with van der Waals surface area (Å²) < 4.78 is 10.8. The van der Waals surface area contributed by atoms with Crippen molar-refractivity contribution in [2.45, 2.75) is 5.60 Å². The van der Waals surface area contributed by atoms with E-state index >= 15 is 0 Å². The number of methoxy groups -OCH3 is 2. The molecule has 17 heavy (non-hydrogen) atoms. The average Bonchev–Trinajstić information content (AvgIpc) is 2.39. The number of carbonyl (C=O) groups is 1. The van der Waals surface area contributed by atoms with Gasteiger partial charge in [-0.15, -0.1) is 0 Å². The largest absolute Gasteiger partial charge is 0.497 e. The molecule has 0 heterocycles. The van der Waals surface area contributed by atoms with Gasteiger partial charge in [0.25, 0.3) is 0 Å². The van der Waals surface area contributed by atoms with Crippen LogP contribution in [0.5, 0.6) is 0 Å². The van der Waals surface area contributed by atoms with E-state index < -0.39 is 5.60 Å². The van der Waals surface area contributed by atoms with E-state index in [9.17, 15) is 4.79 Å². The van der Waals surface area contributed by atoms with Gasteiger partial charge in [-0.05, 0) is 17.7 Å². The maximum absolute atomic E-state index is 12.2. The van der Waals surface area contributed by atoms with Crippen molar-refractivity contribution in [3.63, 3.8) is 0 Å². The van der Waals surface area contributed by atoms with E-state index in [2.05, 4.69) is 0 Å². The van der Waals surface area contributed by atoms with Crippen molar-refractivity contribution in [2.24, 2.45) is 0 Å². The van der Waals surface area contributed by atoms with Crippen molar-refractivity contribution < 1.29 is 14.3 Å². The molecule has 0 aromatic heterocycles. The number of carbonyl (C=O) groups excluding carboxylic acids is 1. The minimum absolute atomic E-state index is 0.134. The predicted molar refractivity (Wildman–Crippen MR) is 64.4 cm³/mol. The Kier molecular flexibility index (Phi) is 3.11. The Morgan fingerprint density at radius 1 is 1.12 bits per heavy atom. The number of rotatable bonds is 3. The smallest absolute Gasteiger partial charge is 0.212 e. The molecule has 0 fully saturated rings. The Bertz CT molecular complexity index is 474. The molecule has 2 rings (SSSR count). The summed E-state index contributed by atoms with van der Waals surface area (Å²) in [6, 6.07) is 9.34. The van der Waals surface area contributed by atoms with E-state index in [4.69, 9.17) is 9.47 Å². The number of hydrogen-bond acceptors (Lipinski definition) is 3. The predicted octanol–water partition coefficient (Wildman–Crippen LogP) is 2.20. The third-order valence-corrected chi connectivity index (χ3v) is 2.90. The van der Waals surface area contributed by atoms with E-state index in [1.807, 2.05) is 30.3 Å². The Morgan fingerprint density at radius 2 is 1.82 bits per heavy atom. The minimum Gasteiger partial charge on any atom is -0.497 e. The second kappa shape index (κ2) is 4.55. The van der Waals surface area contributed by atoms with E-state index in [-0.39, 0.29) is 5.78 Å². The van der Waals surface area contributed by atoms with Gasteiger partial charge in [0.05, 0.1) is 7.11 Å². The van der Waals surface area contributed by atoms with E-state index in [1.54, 1.807) is 12.2 Å². The highest BCUT2D eigenvalue weighted by Gasteiger charge is 2.45. The zero-order chi connectivity index (χ0) is 12.3. The third-order valence-electron chi connectivity index (χ3n) is 2.90. The van der Waals surface area contributed by atoms with Crippen LogP contribution in [0, 0.1) is 0 Å². The van der Waals surface area contributed by atoms with Gasteiger partial charge < -0.3 is 9.47 Å². The lowest BCUT2D eigenvalue weighted by Gasteiger charge is -2.33. The molecule has 0 N–H and O–H groups in total.